The normalized spacial score (nSPS) is 42.8. The summed E-state index contributed by atoms with van der Waals surface area (Å²) in [5, 5.41) is 0. The summed E-state index contributed by atoms with van der Waals surface area (Å²) in [6.07, 6.45) is 15.6. The van der Waals surface area contributed by atoms with Crippen molar-refractivity contribution in [2.24, 2.45) is 0 Å². The second-order valence-electron chi connectivity index (χ2n) is 8.30. The molecule has 0 aromatic carbocycles. The van der Waals surface area contributed by atoms with Crippen LogP contribution in [0.5, 0.6) is 0 Å². The maximum Gasteiger partial charge on any atom is 0.110 e. The molecule has 2 saturated carbocycles. The van der Waals surface area contributed by atoms with E-state index in [-0.39, 0.29) is 22.4 Å². The molecule has 0 N–H and O–H groups in total. The van der Waals surface area contributed by atoms with Crippen molar-refractivity contribution < 1.29 is 9.47 Å². The second kappa shape index (κ2) is 5.97. The van der Waals surface area contributed by atoms with Gasteiger partial charge in [-0.25, -0.2) is 0 Å². The molecule has 4 aliphatic rings. The molecular formula is C18H28I2O2. The first-order valence-corrected chi connectivity index (χ1v) is 12.2. The van der Waals surface area contributed by atoms with Crippen LogP contribution in [-0.2, 0) is 9.47 Å². The Morgan fingerprint density at radius 2 is 0.955 bits per heavy atom. The zero-order valence-electron chi connectivity index (χ0n) is 13.5. The van der Waals surface area contributed by atoms with E-state index in [4.69, 9.17) is 9.47 Å². The molecule has 126 valence electrons. The molecule has 4 rings (SSSR count). The molecule has 0 bridgehead atoms. The van der Waals surface area contributed by atoms with Crippen molar-refractivity contribution in [2.75, 3.05) is 8.86 Å². The maximum absolute atomic E-state index is 7.04. The van der Waals surface area contributed by atoms with Crippen LogP contribution in [-0.4, -0.2) is 31.3 Å². The Hall–Kier alpha value is 1.38. The summed E-state index contributed by atoms with van der Waals surface area (Å²) in [7, 11) is 0. The zero-order chi connectivity index (χ0) is 15.3. The maximum atomic E-state index is 7.04. The van der Waals surface area contributed by atoms with Crippen LogP contribution >= 0.6 is 45.2 Å². The minimum Gasteiger partial charge on any atom is -0.364 e. The van der Waals surface area contributed by atoms with E-state index in [0.717, 1.165) is 21.7 Å². The van der Waals surface area contributed by atoms with Gasteiger partial charge in [-0.05, 0) is 25.7 Å². The average Bonchev–Trinajstić information content (AvgIpc) is 2.92. The number of halogens is 2. The Balaban J connectivity index is 1.66. The average molecular weight is 530 g/mol. The summed E-state index contributed by atoms with van der Waals surface area (Å²) < 4.78 is 16.3. The number of rotatable bonds is 2. The van der Waals surface area contributed by atoms with Gasteiger partial charge in [-0.2, -0.15) is 0 Å². The third-order valence-electron chi connectivity index (χ3n) is 6.83. The lowest BCUT2D eigenvalue weighted by atomic mass is 9.75. The summed E-state index contributed by atoms with van der Waals surface area (Å²) in [6, 6.07) is 0. The first-order valence-electron chi connectivity index (χ1n) is 9.14. The van der Waals surface area contributed by atoms with Gasteiger partial charge in [-0.15, -0.1) is 0 Å². The van der Waals surface area contributed by atoms with Gasteiger partial charge in [0.25, 0.3) is 0 Å². The standard InChI is InChI=1S/C18H28I2O2/c19-13-17-11-15(7-3-1-4-8-15)21-18(17,14-20)12-16(22-17)9-5-2-6-10-16/h1-14H2. The number of hydrogen-bond acceptors (Lipinski definition) is 2. The molecule has 4 heteroatoms. The van der Waals surface area contributed by atoms with E-state index in [0.29, 0.717) is 0 Å². The first kappa shape index (κ1) is 16.8. The third-order valence-corrected chi connectivity index (χ3v) is 9.30. The Bertz CT molecular complexity index is 369. The van der Waals surface area contributed by atoms with Crippen LogP contribution in [0.3, 0.4) is 0 Å². The van der Waals surface area contributed by atoms with Crippen LogP contribution in [0.2, 0.25) is 0 Å². The van der Waals surface area contributed by atoms with E-state index < -0.39 is 0 Å². The third kappa shape index (κ3) is 2.44. The fraction of sp³-hybridized carbons (Fsp3) is 1.00. The predicted molar refractivity (Wildman–Crippen MR) is 106 cm³/mol. The van der Waals surface area contributed by atoms with E-state index in [1.54, 1.807) is 0 Å². The molecule has 2 aliphatic carbocycles. The lowest BCUT2D eigenvalue weighted by Crippen LogP contribution is -2.50. The van der Waals surface area contributed by atoms with Crippen molar-refractivity contribution in [3.05, 3.63) is 0 Å². The van der Waals surface area contributed by atoms with E-state index >= 15 is 0 Å². The van der Waals surface area contributed by atoms with Gasteiger partial charge in [-0.3, -0.25) is 0 Å². The zero-order valence-corrected chi connectivity index (χ0v) is 17.8. The molecule has 2 saturated heterocycles. The molecule has 0 amide bonds. The molecule has 0 radical (unpaired) electrons. The van der Waals surface area contributed by atoms with E-state index in [9.17, 15) is 0 Å². The SMILES string of the molecule is ICC12CC3(CCCCC3)OC1(CI)CC1(CCCCC1)O2. The summed E-state index contributed by atoms with van der Waals surface area (Å²) >= 11 is 5.16. The Morgan fingerprint density at radius 3 is 1.27 bits per heavy atom. The summed E-state index contributed by atoms with van der Waals surface area (Å²) in [5.41, 5.74) is 0.266. The van der Waals surface area contributed by atoms with Gasteiger partial charge in [0.1, 0.15) is 11.2 Å². The van der Waals surface area contributed by atoms with Gasteiger partial charge in [0.2, 0.25) is 0 Å². The van der Waals surface area contributed by atoms with Gasteiger partial charge in [0.05, 0.1) is 11.2 Å². The number of hydrogen-bond donors (Lipinski definition) is 0. The molecule has 2 atom stereocenters. The lowest BCUT2D eigenvalue weighted by Gasteiger charge is -2.40. The lowest BCUT2D eigenvalue weighted by molar-refractivity contribution is -0.122. The minimum atomic E-state index is -0.0105. The Kier molecular flexibility index (Phi) is 4.57. The van der Waals surface area contributed by atoms with Crippen molar-refractivity contribution in [1.82, 2.24) is 0 Å². The van der Waals surface area contributed by atoms with Crippen LogP contribution in [0.25, 0.3) is 0 Å². The van der Waals surface area contributed by atoms with Gasteiger partial charge in [0, 0.05) is 21.7 Å². The molecule has 4 fully saturated rings. The fourth-order valence-electron chi connectivity index (χ4n) is 5.86. The molecule has 2 nitrogen and oxygen atoms in total. The molecule has 2 heterocycles. The van der Waals surface area contributed by atoms with Gasteiger partial charge in [-0.1, -0.05) is 83.7 Å². The minimum absolute atomic E-state index is 0.0105. The van der Waals surface area contributed by atoms with Crippen LogP contribution in [0.1, 0.15) is 77.0 Å². The van der Waals surface area contributed by atoms with Crippen LogP contribution in [0.15, 0.2) is 0 Å². The molecular weight excluding hydrogens is 502 g/mol. The summed E-state index contributed by atoms with van der Waals surface area (Å²) in [5.74, 6) is 0. The summed E-state index contributed by atoms with van der Waals surface area (Å²) in [6.45, 7) is 0. The van der Waals surface area contributed by atoms with E-state index in [2.05, 4.69) is 45.2 Å². The Morgan fingerprint density at radius 1 is 0.591 bits per heavy atom. The number of fused-ring (bicyclic) bond motifs is 1. The summed E-state index contributed by atoms with van der Waals surface area (Å²) in [4.78, 5) is 0. The van der Waals surface area contributed by atoms with Crippen molar-refractivity contribution in [3.63, 3.8) is 0 Å². The highest BCUT2D eigenvalue weighted by Gasteiger charge is 2.72. The smallest absolute Gasteiger partial charge is 0.110 e. The predicted octanol–water partition coefficient (Wildman–Crippen LogP) is 5.58. The molecule has 2 aliphatic heterocycles. The van der Waals surface area contributed by atoms with Crippen molar-refractivity contribution in [2.45, 2.75) is 99.5 Å². The second-order valence-corrected chi connectivity index (χ2v) is 9.83. The Labute approximate surface area is 162 Å². The highest BCUT2D eigenvalue weighted by atomic mass is 127. The fourth-order valence-corrected chi connectivity index (χ4v) is 8.11. The highest BCUT2D eigenvalue weighted by Crippen LogP contribution is 2.64. The van der Waals surface area contributed by atoms with Crippen LogP contribution in [0.4, 0.5) is 0 Å². The number of ether oxygens (including phenoxy) is 2. The quantitative estimate of drug-likeness (QED) is 0.343. The van der Waals surface area contributed by atoms with E-state index in [1.807, 2.05) is 0 Å². The highest BCUT2D eigenvalue weighted by molar-refractivity contribution is 14.1. The van der Waals surface area contributed by atoms with Crippen LogP contribution < -0.4 is 0 Å². The monoisotopic (exact) mass is 530 g/mol. The van der Waals surface area contributed by atoms with Crippen molar-refractivity contribution >= 4 is 45.2 Å². The van der Waals surface area contributed by atoms with Gasteiger partial charge >= 0.3 is 0 Å². The number of alkyl halides is 2. The van der Waals surface area contributed by atoms with E-state index in [1.165, 1.54) is 64.2 Å². The molecule has 2 spiro atoms. The topological polar surface area (TPSA) is 18.5 Å². The molecule has 22 heavy (non-hydrogen) atoms. The molecule has 0 aromatic rings. The molecule has 2 unspecified atom stereocenters. The molecule has 0 aromatic heterocycles. The largest absolute Gasteiger partial charge is 0.364 e. The van der Waals surface area contributed by atoms with Gasteiger partial charge in [0.15, 0.2) is 0 Å². The van der Waals surface area contributed by atoms with Crippen LogP contribution in [0, 0.1) is 0 Å². The van der Waals surface area contributed by atoms with Crippen molar-refractivity contribution in [3.8, 4) is 0 Å². The first-order chi connectivity index (χ1) is 10.6. The van der Waals surface area contributed by atoms with Gasteiger partial charge < -0.3 is 9.47 Å². The van der Waals surface area contributed by atoms with Crippen molar-refractivity contribution in [1.29, 1.82) is 0 Å².